The predicted octanol–water partition coefficient (Wildman–Crippen LogP) is 6.72. The minimum absolute atomic E-state index is 0.0751. The lowest BCUT2D eigenvalue weighted by Crippen LogP contribution is -2.37. The number of hydrogen-bond donors (Lipinski definition) is 2. The minimum Gasteiger partial charge on any atom is -0.371 e. The van der Waals surface area contributed by atoms with E-state index in [1.807, 2.05) is 5.38 Å². The van der Waals surface area contributed by atoms with Gasteiger partial charge in [-0.3, -0.25) is 4.79 Å². The maximum absolute atomic E-state index is 13.2. The van der Waals surface area contributed by atoms with E-state index in [1.54, 1.807) is 0 Å². The van der Waals surface area contributed by atoms with Gasteiger partial charge >= 0.3 is 0 Å². The molecule has 0 bridgehead atoms. The summed E-state index contributed by atoms with van der Waals surface area (Å²) < 4.78 is 6.23. The van der Waals surface area contributed by atoms with Crippen molar-refractivity contribution in [3.63, 3.8) is 0 Å². The molecule has 1 amide bonds. The van der Waals surface area contributed by atoms with Crippen LogP contribution < -0.4 is 10.6 Å². The predicted molar refractivity (Wildman–Crippen MR) is 148 cm³/mol. The molecule has 0 radical (unpaired) electrons. The largest absolute Gasteiger partial charge is 0.371 e. The molecule has 0 aliphatic heterocycles. The molecule has 2 aromatic rings. The molecule has 0 saturated carbocycles. The number of rotatable bonds is 16. The summed E-state index contributed by atoms with van der Waals surface area (Å²) in [4.78, 5) is 17.9. The van der Waals surface area contributed by atoms with Gasteiger partial charge in [0.05, 0.1) is 0 Å². The smallest absolute Gasteiger partial charge is 0.270 e. The van der Waals surface area contributed by atoms with Gasteiger partial charge in [0.1, 0.15) is 16.8 Å². The van der Waals surface area contributed by atoms with Crippen molar-refractivity contribution in [3.05, 3.63) is 51.5 Å². The van der Waals surface area contributed by atoms with Gasteiger partial charge in [-0.2, -0.15) is 0 Å². The third kappa shape index (κ3) is 10.4. The molecule has 2 rings (SSSR count). The van der Waals surface area contributed by atoms with E-state index in [9.17, 15) is 4.79 Å². The van der Waals surface area contributed by atoms with Crippen LogP contribution in [0.25, 0.3) is 0 Å². The quantitative estimate of drug-likeness (QED) is 0.268. The summed E-state index contributed by atoms with van der Waals surface area (Å²) in [6.07, 6.45) is 4.57. The summed E-state index contributed by atoms with van der Waals surface area (Å²) in [6, 6.07) is 9.00. The fourth-order valence-electron chi connectivity index (χ4n) is 4.22. The van der Waals surface area contributed by atoms with Gasteiger partial charge in [0.15, 0.2) is 0 Å². The molecule has 196 valence electrons. The Hall–Kier alpha value is -1.76. The van der Waals surface area contributed by atoms with Crippen LogP contribution >= 0.6 is 11.3 Å². The molecule has 0 aliphatic carbocycles. The van der Waals surface area contributed by atoms with Gasteiger partial charge in [0.25, 0.3) is 5.91 Å². The average Bonchev–Trinajstić information content (AvgIpc) is 3.30. The van der Waals surface area contributed by atoms with E-state index in [1.165, 1.54) is 22.5 Å². The van der Waals surface area contributed by atoms with Crippen molar-refractivity contribution in [2.45, 2.75) is 98.8 Å². The van der Waals surface area contributed by atoms with Gasteiger partial charge in [-0.1, -0.05) is 71.4 Å². The fourth-order valence-corrected chi connectivity index (χ4v) is 5.08. The number of hydrogen-bond acceptors (Lipinski definition) is 5. The third-order valence-electron chi connectivity index (χ3n) is 6.18. The van der Waals surface area contributed by atoms with Gasteiger partial charge in [0, 0.05) is 24.1 Å². The Kier molecular flexibility index (Phi) is 12.9. The van der Waals surface area contributed by atoms with E-state index in [0.717, 1.165) is 43.7 Å². The molecule has 0 fully saturated rings. The Morgan fingerprint density at radius 3 is 2.37 bits per heavy atom. The van der Waals surface area contributed by atoms with Gasteiger partial charge in [-0.05, 0) is 63.0 Å². The van der Waals surface area contributed by atoms with Crippen molar-refractivity contribution >= 4 is 17.2 Å². The second-order valence-electron chi connectivity index (χ2n) is 10.5. The average molecular weight is 502 g/mol. The second kappa shape index (κ2) is 15.4. The number of thiazole rings is 1. The van der Waals surface area contributed by atoms with Crippen LogP contribution in [0.2, 0.25) is 0 Å². The van der Waals surface area contributed by atoms with Gasteiger partial charge < -0.3 is 15.4 Å². The van der Waals surface area contributed by atoms with E-state index < -0.39 is 0 Å². The van der Waals surface area contributed by atoms with Crippen LogP contribution in [-0.4, -0.2) is 36.1 Å². The van der Waals surface area contributed by atoms with Crippen LogP contribution in [0.3, 0.4) is 0 Å². The Bertz CT molecular complexity index is 863. The third-order valence-corrected chi connectivity index (χ3v) is 7.11. The summed E-state index contributed by atoms with van der Waals surface area (Å²) >= 11 is 1.54. The normalized spacial score (nSPS) is 14.3. The minimum atomic E-state index is -0.0997. The monoisotopic (exact) mass is 501 g/mol. The van der Waals surface area contributed by atoms with Crippen molar-refractivity contribution in [3.8, 4) is 0 Å². The lowest BCUT2D eigenvalue weighted by atomic mass is 9.96. The van der Waals surface area contributed by atoms with Crippen molar-refractivity contribution in [2.24, 2.45) is 11.8 Å². The zero-order chi connectivity index (χ0) is 25.8. The molecule has 6 heteroatoms. The standard InChI is InChI=1S/C29H47N3O2S/c1-8-14-30-25(21(5)6)18-27(34-15-9-2)29-32-26(19-35-29)28(33)31-24(16-20(3)4)17-23-12-10-22(7)11-13-23/h10-13,19-21,24-25,27,30H,8-9,14-18H2,1-7H3,(H,31,33). The first-order chi connectivity index (χ1) is 16.7. The van der Waals surface area contributed by atoms with Crippen LogP contribution in [0.1, 0.15) is 100.0 Å². The SMILES string of the molecule is CCCNC(CC(OCCC)c1nc(C(=O)NC(Cc2ccc(C)cc2)CC(C)C)cs1)C(C)C. The Balaban J connectivity index is 2.12. The maximum atomic E-state index is 13.2. The highest BCUT2D eigenvalue weighted by Crippen LogP contribution is 2.28. The summed E-state index contributed by atoms with van der Waals surface area (Å²) in [5, 5.41) is 9.70. The highest BCUT2D eigenvalue weighted by atomic mass is 32.1. The molecule has 3 atom stereocenters. The summed E-state index contributed by atoms with van der Waals surface area (Å²) in [7, 11) is 0. The van der Waals surface area contributed by atoms with Crippen LogP contribution in [-0.2, 0) is 11.2 Å². The first-order valence-corrected chi connectivity index (χ1v) is 14.3. The summed E-state index contributed by atoms with van der Waals surface area (Å²) in [5.41, 5.74) is 2.99. The maximum Gasteiger partial charge on any atom is 0.270 e. The number of carbonyl (C=O) groups excluding carboxylic acids is 1. The lowest BCUT2D eigenvalue weighted by molar-refractivity contribution is 0.0354. The molecule has 1 aromatic carbocycles. The number of nitrogens with one attached hydrogen (secondary N) is 2. The van der Waals surface area contributed by atoms with Crippen LogP contribution in [0, 0.1) is 18.8 Å². The molecule has 5 nitrogen and oxygen atoms in total. The number of ether oxygens (including phenoxy) is 1. The van der Waals surface area contributed by atoms with E-state index in [0.29, 0.717) is 30.2 Å². The molecule has 0 saturated heterocycles. The second-order valence-corrected chi connectivity index (χ2v) is 11.4. The van der Waals surface area contributed by atoms with Crippen molar-refractivity contribution in [1.29, 1.82) is 0 Å². The van der Waals surface area contributed by atoms with E-state index >= 15 is 0 Å². The van der Waals surface area contributed by atoms with Crippen LogP contribution in [0.4, 0.5) is 0 Å². The van der Waals surface area contributed by atoms with E-state index in [4.69, 9.17) is 9.72 Å². The molecule has 0 aliphatic rings. The van der Waals surface area contributed by atoms with Crippen LogP contribution in [0.5, 0.6) is 0 Å². The topological polar surface area (TPSA) is 63.2 Å². The Morgan fingerprint density at radius 2 is 1.77 bits per heavy atom. The number of nitrogens with zero attached hydrogens (tertiary/aromatic N) is 1. The lowest BCUT2D eigenvalue weighted by Gasteiger charge is -2.26. The molecule has 1 heterocycles. The number of aromatic nitrogens is 1. The first kappa shape index (κ1) is 29.5. The highest BCUT2D eigenvalue weighted by Gasteiger charge is 2.25. The number of amides is 1. The van der Waals surface area contributed by atoms with Crippen LogP contribution in [0.15, 0.2) is 29.6 Å². The zero-order valence-electron chi connectivity index (χ0n) is 22.9. The molecular formula is C29H47N3O2S. The van der Waals surface area contributed by atoms with Crippen molar-refractivity contribution in [2.75, 3.05) is 13.2 Å². The van der Waals surface area contributed by atoms with Gasteiger partial charge in [-0.15, -0.1) is 11.3 Å². The highest BCUT2D eigenvalue weighted by molar-refractivity contribution is 7.09. The fraction of sp³-hybridized carbons (Fsp3) is 0.655. The number of aryl methyl sites for hydroxylation is 1. The Labute approximate surface area is 217 Å². The van der Waals surface area contributed by atoms with E-state index in [2.05, 4.69) is 83.4 Å². The van der Waals surface area contributed by atoms with Gasteiger partial charge in [0.2, 0.25) is 0 Å². The Morgan fingerprint density at radius 1 is 1.06 bits per heavy atom. The molecular weight excluding hydrogens is 454 g/mol. The molecule has 1 aromatic heterocycles. The summed E-state index contributed by atoms with van der Waals surface area (Å²) in [6.45, 7) is 17.0. The molecule has 35 heavy (non-hydrogen) atoms. The first-order valence-electron chi connectivity index (χ1n) is 13.4. The van der Waals surface area contributed by atoms with Crippen molar-refractivity contribution < 1.29 is 9.53 Å². The van der Waals surface area contributed by atoms with E-state index in [-0.39, 0.29) is 18.1 Å². The molecule has 2 N–H and O–H groups in total. The number of benzene rings is 1. The summed E-state index contributed by atoms with van der Waals surface area (Å²) in [5.74, 6) is 0.895. The number of carbonyl (C=O) groups is 1. The molecule has 3 unspecified atom stereocenters. The van der Waals surface area contributed by atoms with Gasteiger partial charge in [-0.25, -0.2) is 4.98 Å². The molecule has 0 spiro atoms. The van der Waals surface area contributed by atoms with Crippen molar-refractivity contribution in [1.82, 2.24) is 15.6 Å². The zero-order valence-corrected chi connectivity index (χ0v) is 23.7.